The van der Waals surface area contributed by atoms with Crippen LogP contribution >= 0.6 is 0 Å². The molecule has 0 aliphatic rings. The Kier molecular flexibility index (Phi) is 4.03. The van der Waals surface area contributed by atoms with E-state index < -0.39 is 5.60 Å². The molecule has 2 heteroatoms. The second-order valence-electron chi connectivity index (χ2n) is 5.27. The van der Waals surface area contributed by atoms with Crippen LogP contribution in [0.5, 0.6) is 0 Å². The quantitative estimate of drug-likeness (QED) is 0.882. The first-order valence-corrected chi connectivity index (χ1v) is 6.66. The van der Waals surface area contributed by atoms with E-state index in [0.717, 1.165) is 11.1 Å². The second-order valence-corrected chi connectivity index (χ2v) is 5.27. The summed E-state index contributed by atoms with van der Waals surface area (Å²) in [5, 5.41) is 11.3. The van der Waals surface area contributed by atoms with Crippen molar-refractivity contribution in [3.8, 4) is 0 Å². The van der Waals surface area contributed by atoms with Gasteiger partial charge in [-0.05, 0) is 17.0 Å². The summed E-state index contributed by atoms with van der Waals surface area (Å²) in [6.07, 6.45) is 0. The van der Waals surface area contributed by atoms with Crippen LogP contribution in [0.15, 0.2) is 60.7 Å². The molecule has 0 fully saturated rings. The molecule has 0 radical (unpaired) electrons. The van der Waals surface area contributed by atoms with E-state index in [4.69, 9.17) is 5.73 Å². The van der Waals surface area contributed by atoms with E-state index >= 15 is 0 Å². The maximum atomic E-state index is 11.3. The third kappa shape index (κ3) is 2.55. The van der Waals surface area contributed by atoms with Crippen molar-refractivity contribution in [2.45, 2.75) is 25.5 Å². The first-order chi connectivity index (χ1) is 9.06. The van der Waals surface area contributed by atoms with Gasteiger partial charge in [-0.3, -0.25) is 0 Å². The van der Waals surface area contributed by atoms with Crippen molar-refractivity contribution in [2.24, 2.45) is 11.7 Å². The topological polar surface area (TPSA) is 46.2 Å². The molecule has 0 amide bonds. The minimum absolute atomic E-state index is 0.172. The molecule has 2 rings (SSSR count). The Morgan fingerprint density at radius 3 is 1.53 bits per heavy atom. The molecular weight excluding hydrogens is 234 g/mol. The summed E-state index contributed by atoms with van der Waals surface area (Å²) in [5.41, 5.74) is 6.82. The van der Waals surface area contributed by atoms with E-state index in [1.54, 1.807) is 0 Å². The molecule has 0 unspecified atom stereocenters. The van der Waals surface area contributed by atoms with Crippen molar-refractivity contribution >= 4 is 0 Å². The van der Waals surface area contributed by atoms with Gasteiger partial charge in [0, 0.05) is 6.04 Å². The molecule has 0 saturated carbocycles. The zero-order valence-corrected chi connectivity index (χ0v) is 11.5. The van der Waals surface area contributed by atoms with Crippen LogP contribution in [0.4, 0.5) is 0 Å². The number of rotatable bonds is 4. The standard InChI is InChI=1S/C17H21NO/c1-13(2)16(18)17(19,14-9-5-3-6-10-14)15-11-7-4-8-12-15/h3-13,16,19H,18H2,1-2H3/t16-/m0/s1. The molecule has 1 atom stereocenters. The van der Waals surface area contributed by atoms with Crippen molar-refractivity contribution in [3.63, 3.8) is 0 Å². The lowest BCUT2D eigenvalue weighted by molar-refractivity contribution is 0.0353. The van der Waals surface area contributed by atoms with Gasteiger partial charge < -0.3 is 10.8 Å². The summed E-state index contributed by atoms with van der Waals surface area (Å²) in [6.45, 7) is 4.06. The zero-order chi connectivity index (χ0) is 13.9. The Hall–Kier alpha value is -1.64. The lowest BCUT2D eigenvalue weighted by Crippen LogP contribution is -2.49. The summed E-state index contributed by atoms with van der Waals surface area (Å²) in [6, 6.07) is 18.9. The van der Waals surface area contributed by atoms with E-state index in [1.165, 1.54) is 0 Å². The third-order valence-electron chi connectivity index (χ3n) is 3.63. The smallest absolute Gasteiger partial charge is 0.130 e. The number of benzene rings is 2. The highest BCUT2D eigenvalue weighted by atomic mass is 16.3. The summed E-state index contributed by atoms with van der Waals surface area (Å²) in [4.78, 5) is 0. The molecule has 2 aromatic rings. The van der Waals surface area contributed by atoms with E-state index in [-0.39, 0.29) is 12.0 Å². The molecular formula is C17H21NO. The maximum Gasteiger partial charge on any atom is 0.130 e. The minimum Gasteiger partial charge on any atom is -0.379 e. The molecule has 0 heterocycles. The van der Waals surface area contributed by atoms with Gasteiger partial charge in [-0.2, -0.15) is 0 Å². The van der Waals surface area contributed by atoms with Crippen LogP contribution in [-0.2, 0) is 5.60 Å². The highest BCUT2D eigenvalue weighted by Gasteiger charge is 2.39. The molecule has 100 valence electrons. The highest BCUT2D eigenvalue weighted by Crippen LogP contribution is 2.34. The third-order valence-corrected chi connectivity index (χ3v) is 3.63. The fraction of sp³-hybridized carbons (Fsp3) is 0.294. The van der Waals surface area contributed by atoms with Crippen LogP contribution in [0.1, 0.15) is 25.0 Å². The molecule has 2 aromatic carbocycles. The number of aliphatic hydroxyl groups is 1. The zero-order valence-electron chi connectivity index (χ0n) is 11.5. The van der Waals surface area contributed by atoms with Crippen molar-refractivity contribution in [1.82, 2.24) is 0 Å². The van der Waals surface area contributed by atoms with Crippen LogP contribution in [0, 0.1) is 5.92 Å². The van der Waals surface area contributed by atoms with Gasteiger partial charge in [-0.1, -0.05) is 74.5 Å². The monoisotopic (exact) mass is 255 g/mol. The first kappa shape index (κ1) is 13.8. The van der Waals surface area contributed by atoms with Crippen molar-refractivity contribution in [3.05, 3.63) is 71.8 Å². The number of hydrogen-bond donors (Lipinski definition) is 2. The van der Waals surface area contributed by atoms with Crippen LogP contribution < -0.4 is 5.73 Å². The number of nitrogens with two attached hydrogens (primary N) is 1. The maximum absolute atomic E-state index is 11.3. The highest BCUT2D eigenvalue weighted by molar-refractivity contribution is 5.38. The Balaban J connectivity index is 2.57. The Labute approximate surface area is 114 Å². The molecule has 3 N–H and O–H groups in total. The fourth-order valence-electron chi connectivity index (χ4n) is 2.42. The lowest BCUT2D eigenvalue weighted by atomic mass is 9.76. The largest absolute Gasteiger partial charge is 0.379 e. The molecule has 0 aliphatic carbocycles. The van der Waals surface area contributed by atoms with E-state index in [0.29, 0.717) is 0 Å². The van der Waals surface area contributed by atoms with Crippen molar-refractivity contribution < 1.29 is 5.11 Å². The Bertz CT molecular complexity index is 468. The number of hydrogen-bond acceptors (Lipinski definition) is 2. The van der Waals surface area contributed by atoms with Crippen LogP contribution in [0.3, 0.4) is 0 Å². The van der Waals surface area contributed by atoms with Gasteiger partial charge in [0.15, 0.2) is 0 Å². The second kappa shape index (κ2) is 5.55. The summed E-state index contributed by atoms with van der Waals surface area (Å²) in [7, 11) is 0. The lowest BCUT2D eigenvalue weighted by Gasteiger charge is -2.37. The van der Waals surface area contributed by atoms with Gasteiger partial charge in [-0.25, -0.2) is 0 Å². The van der Waals surface area contributed by atoms with Crippen LogP contribution in [0.25, 0.3) is 0 Å². The van der Waals surface area contributed by atoms with E-state index in [2.05, 4.69) is 0 Å². The SMILES string of the molecule is CC(C)[C@H](N)C(O)(c1ccccc1)c1ccccc1. The molecule has 0 spiro atoms. The molecule has 0 aromatic heterocycles. The molecule has 19 heavy (non-hydrogen) atoms. The van der Waals surface area contributed by atoms with Gasteiger partial charge >= 0.3 is 0 Å². The summed E-state index contributed by atoms with van der Waals surface area (Å²) >= 11 is 0. The average Bonchev–Trinajstić information content (AvgIpc) is 2.47. The van der Waals surface area contributed by atoms with E-state index in [9.17, 15) is 5.11 Å². The Morgan fingerprint density at radius 1 is 0.842 bits per heavy atom. The molecule has 0 bridgehead atoms. The van der Waals surface area contributed by atoms with Crippen molar-refractivity contribution in [1.29, 1.82) is 0 Å². The van der Waals surface area contributed by atoms with Gasteiger partial charge in [0.2, 0.25) is 0 Å². The van der Waals surface area contributed by atoms with Gasteiger partial charge in [0.05, 0.1) is 0 Å². The predicted molar refractivity (Wildman–Crippen MR) is 78.7 cm³/mol. The van der Waals surface area contributed by atoms with Gasteiger partial charge in [0.25, 0.3) is 0 Å². The molecule has 2 nitrogen and oxygen atoms in total. The predicted octanol–water partition coefficient (Wildman–Crippen LogP) is 2.91. The summed E-state index contributed by atoms with van der Waals surface area (Å²) in [5.74, 6) is 0.172. The first-order valence-electron chi connectivity index (χ1n) is 6.66. The fourth-order valence-corrected chi connectivity index (χ4v) is 2.42. The average molecular weight is 255 g/mol. The Morgan fingerprint density at radius 2 is 1.21 bits per heavy atom. The van der Waals surface area contributed by atoms with Crippen LogP contribution in [0.2, 0.25) is 0 Å². The minimum atomic E-state index is -1.16. The van der Waals surface area contributed by atoms with Gasteiger partial charge in [0.1, 0.15) is 5.60 Å². The normalized spacial score (nSPS) is 13.5. The molecule has 0 saturated heterocycles. The van der Waals surface area contributed by atoms with Crippen molar-refractivity contribution in [2.75, 3.05) is 0 Å². The van der Waals surface area contributed by atoms with E-state index in [1.807, 2.05) is 74.5 Å². The van der Waals surface area contributed by atoms with Gasteiger partial charge in [-0.15, -0.1) is 0 Å². The summed E-state index contributed by atoms with van der Waals surface area (Å²) < 4.78 is 0. The molecule has 0 aliphatic heterocycles. The van der Waals surface area contributed by atoms with Crippen LogP contribution in [-0.4, -0.2) is 11.1 Å².